The van der Waals surface area contributed by atoms with E-state index in [1.54, 1.807) is 7.05 Å². The molecule has 0 radical (unpaired) electrons. The number of hydrogen-bond donors (Lipinski definition) is 1. The van der Waals surface area contributed by atoms with E-state index in [0.29, 0.717) is 31.6 Å². The number of rotatable bonds is 2. The van der Waals surface area contributed by atoms with Crippen LogP contribution >= 0.6 is 0 Å². The first kappa shape index (κ1) is 15.1. The fourth-order valence-corrected chi connectivity index (χ4v) is 3.26. The summed E-state index contributed by atoms with van der Waals surface area (Å²) in [5.74, 6) is -1.13. The fourth-order valence-electron chi connectivity index (χ4n) is 3.26. The number of nitrogens with zero attached hydrogens (tertiary/aromatic N) is 3. The van der Waals surface area contributed by atoms with E-state index in [-0.39, 0.29) is 17.0 Å². The Morgan fingerprint density at radius 3 is 2.57 bits per heavy atom. The molecule has 0 unspecified atom stereocenters. The van der Waals surface area contributed by atoms with Crippen LogP contribution in [-0.2, 0) is 11.8 Å². The van der Waals surface area contributed by atoms with Gasteiger partial charge < -0.3 is 14.6 Å². The van der Waals surface area contributed by atoms with E-state index < -0.39 is 5.97 Å². The number of nitriles is 1. The molecule has 0 atom stereocenters. The van der Waals surface area contributed by atoms with E-state index in [1.165, 1.54) is 4.57 Å². The molecule has 0 amide bonds. The molecule has 0 bridgehead atoms. The van der Waals surface area contributed by atoms with Gasteiger partial charge in [0.25, 0.3) is 5.56 Å². The number of fused-ring (bicyclic) bond motifs is 1. The van der Waals surface area contributed by atoms with Crippen LogP contribution in [0.5, 0.6) is 0 Å². The summed E-state index contributed by atoms with van der Waals surface area (Å²) >= 11 is 0. The Balaban J connectivity index is 2.14. The molecule has 23 heavy (non-hydrogen) atoms. The molecular weight excluding hydrogens is 294 g/mol. The first-order chi connectivity index (χ1) is 11.0. The highest BCUT2D eigenvalue weighted by molar-refractivity contribution is 5.95. The van der Waals surface area contributed by atoms with Crippen LogP contribution in [0.1, 0.15) is 18.4 Å². The minimum absolute atomic E-state index is 0.125. The van der Waals surface area contributed by atoms with Gasteiger partial charge in [-0.1, -0.05) is 18.2 Å². The molecule has 1 aliphatic heterocycles. The first-order valence-corrected chi connectivity index (χ1v) is 7.54. The van der Waals surface area contributed by atoms with Crippen LogP contribution in [0.4, 0.5) is 5.69 Å². The molecule has 2 aromatic rings. The number of carboxylic acid groups (broad SMARTS) is 1. The minimum atomic E-state index is -0.779. The number of para-hydroxylation sites is 1. The number of aryl methyl sites for hydroxylation is 1. The lowest BCUT2D eigenvalue weighted by molar-refractivity contribution is -0.142. The topological polar surface area (TPSA) is 86.3 Å². The number of benzene rings is 1. The molecule has 1 fully saturated rings. The summed E-state index contributed by atoms with van der Waals surface area (Å²) in [6.45, 7) is 1.06. The summed E-state index contributed by atoms with van der Waals surface area (Å²) in [7, 11) is 1.66. The Bertz CT molecular complexity index is 871. The highest BCUT2D eigenvalue weighted by Crippen LogP contribution is 2.31. The lowest BCUT2D eigenvalue weighted by Gasteiger charge is -2.33. The Morgan fingerprint density at radius 2 is 1.96 bits per heavy atom. The molecule has 0 saturated carbocycles. The highest BCUT2D eigenvalue weighted by atomic mass is 16.4. The molecule has 1 N–H and O–H groups in total. The van der Waals surface area contributed by atoms with E-state index in [4.69, 9.17) is 5.11 Å². The third-order valence-corrected chi connectivity index (χ3v) is 4.55. The van der Waals surface area contributed by atoms with Gasteiger partial charge in [-0.25, -0.2) is 0 Å². The number of aliphatic carboxylic acids is 1. The monoisotopic (exact) mass is 311 g/mol. The Hall–Kier alpha value is -2.81. The molecule has 1 aromatic carbocycles. The van der Waals surface area contributed by atoms with Crippen LogP contribution in [0.15, 0.2) is 29.1 Å². The van der Waals surface area contributed by atoms with E-state index in [1.807, 2.05) is 35.2 Å². The third-order valence-electron chi connectivity index (χ3n) is 4.55. The van der Waals surface area contributed by atoms with Gasteiger partial charge in [-0.2, -0.15) is 5.26 Å². The predicted octanol–water partition coefficient (Wildman–Crippen LogP) is 1.71. The molecule has 1 aliphatic rings. The molecular formula is C17H17N3O3. The zero-order chi connectivity index (χ0) is 16.6. The van der Waals surface area contributed by atoms with Crippen molar-refractivity contribution in [3.63, 3.8) is 0 Å². The van der Waals surface area contributed by atoms with Crippen LogP contribution in [0.25, 0.3) is 10.9 Å². The van der Waals surface area contributed by atoms with Gasteiger partial charge in [0, 0.05) is 25.5 Å². The zero-order valence-electron chi connectivity index (χ0n) is 12.8. The smallest absolute Gasteiger partial charge is 0.306 e. The maximum atomic E-state index is 12.5. The normalized spacial score (nSPS) is 15.6. The first-order valence-electron chi connectivity index (χ1n) is 7.54. The van der Waals surface area contributed by atoms with Gasteiger partial charge in [0.2, 0.25) is 0 Å². The molecule has 0 spiro atoms. The summed E-state index contributed by atoms with van der Waals surface area (Å²) in [6.07, 6.45) is 1.04. The second kappa shape index (κ2) is 5.76. The van der Waals surface area contributed by atoms with E-state index >= 15 is 0 Å². The van der Waals surface area contributed by atoms with Crippen molar-refractivity contribution in [1.29, 1.82) is 5.26 Å². The molecule has 1 aromatic heterocycles. The van der Waals surface area contributed by atoms with Crippen molar-refractivity contribution >= 4 is 22.6 Å². The van der Waals surface area contributed by atoms with Crippen LogP contribution in [0.3, 0.4) is 0 Å². The maximum Gasteiger partial charge on any atom is 0.306 e. The van der Waals surface area contributed by atoms with Gasteiger partial charge >= 0.3 is 5.97 Å². The lowest BCUT2D eigenvalue weighted by atomic mass is 9.95. The summed E-state index contributed by atoms with van der Waals surface area (Å²) in [6, 6.07) is 9.52. The van der Waals surface area contributed by atoms with Gasteiger partial charge in [-0.05, 0) is 18.9 Å². The number of carbonyl (C=O) groups is 1. The number of carboxylic acids is 1. The predicted molar refractivity (Wildman–Crippen MR) is 86.5 cm³/mol. The maximum absolute atomic E-state index is 12.5. The Kier molecular flexibility index (Phi) is 3.78. The van der Waals surface area contributed by atoms with Crippen molar-refractivity contribution in [2.45, 2.75) is 12.8 Å². The molecule has 2 heterocycles. The lowest BCUT2D eigenvalue weighted by Crippen LogP contribution is -2.38. The zero-order valence-corrected chi connectivity index (χ0v) is 12.8. The van der Waals surface area contributed by atoms with Gasteiger partial charge in [0.1, 0.15) is 11.6 Å². The minimum Gasteiger partial charge on any atom is -0.481 e. The van der Waals surface area contributed by atoms with Crippen LogP contribution in [0, 0.1) is 17.2 Å². The number of aromatic nitrogens is 1. The standard InChI is InChI=1S/C17H17N3O3/c1-19-14-5-3-2-4-12(14)15(13(10-18)16(19)21)20-8-6-11(7-9-20)17(22)23/h2-5,11H,6-9H2,1H3,(H,22,23). The molecule has 3 rings (SSSR count). The van der Waals surface area contributed by atoms with Crippen molar-refractivity contribution in [2.75, 3.05) is 18.0 Å². The van der Waals surface area contributed by atoms with E-state index in [9.17, 15) is 14.9 Å². The number of anilines is 1. The van der Waals surface area contributed by atoms with E-state index in [0.717, 1.165) is 10.9 Å². The van der Waals surface area contributed by atoms with Gasteiger partial charge in [-0.3, -0.25) is 9.59 Å². The van der Waals surface area contributed by atoms with Crippen LogP contribution in [0.2, 0.25) is 0 Å². The van der Waals surface area contributed by atoms with Crippen molar-refractivity contribution in [1.82, 2.24) is 4.57 Å². The van der Waals surface area contributed by atoms with Crippen molar-refractivity contribution in [2.24, 2.45) is 13.0 Å². The fraction of sp³-hybridized carbons (Fsp3) is 0.353. The molecule has 1 saturated heterocycles. The average molecular weight is 311 g/mol. The van der Waals surface area contributed by atoms with Gasteiger partial charge in [0.15, 0.2) is 0 Å². The number of hydrogen-bond acceptors (Lipinski definition) is 4. The third kappa shape index (κ3) is 2.44. The van der Waals surface area contributed by atoms with Crippen molar-refractivity contribution in [3.8, 4) is 6.07 Å². The SMILES string of the molecule is Cn1c(=O)c(C#N)c(N2CCC(C(=O)O)CC2)c2ccccc21. The van der Waals surface area contributed by atoms with Crippen LogP contribution < -0.4 is 10.5 Å². The molecule has 0 aliphatic carbocycles. The quantitative estimate of drug-likeness (QED) is 0.912. The highest BCUT2D eigenvalue weighted by Gasteiger charge is 2.28. The van der Waals surface area contributed by atoms with Crippen LogP contribution in [-0.4, -0.2) is 28.7 Å². The number of piperidine rings is 1. The van der Waals surface area contributed by atoms with Crippen molar-refractivity contribution < 1.29 is 9.90 Å². The average Bonchev–Trinajstić information content (AvgIpc) is 2.58. The van der Waals surface area contributed by atoms with Gasteiger partial charge in [0.05, 0.1) is 17.1 Å². The summed E-state index contributed by atoms with van der Waals surface area (Å²) in [5.41, 5.74) is 1.21. The Morgan fingerprint density at radius 1 is 1.30 bits per heavy atom. The molecule has 118 valence electrons. The second-order valence-corrected chi connectivity index (χ2v) is 5.82. The largest absolute Gasteiger partial charge is 0.481 e. The molecule has 6 heteroatoms. The van der Waals surface area contributed by atoms with Gasteiger partial charge in [-0.15, -0.1) is 0 Å². The summed E-state index contributed by atoms with van der Waals surface area (Å²) in [5, 5.41) is 19.4. The second-order valence-electron chi connectivity index (χ2n) is 5.82. The Labute approximate surface area is 133 Å². The number of pyridine rings is 1. The summed E-state index contributed by atoms with van der Waals surface area (Å²) < 4.78 is 1.49. The molecule has 6 nitrogen and oxygen atoms in total. The van der Waals surface area contributed by atoms with Crippen molar-refractivity contribution in [3.05, 3.63) is 40.2 Å². The summed E-state index contributed by atoms with van der Waals surface area (Å²) in [4.78, 5) is 25.6. The van der Waals surface area contributed by atoms with E-state index in [2.05, 4.69) is 0 Å².